The summed E-state index contributed by atoms with van der Waals surface area (Å²) < 4.78 is 0. The summed E-state index contributed by atoms with van der Waals surface area (Å²) in [5, 5.41) is 0. The van der Waals surface area contributed by atoms with Crippen LogP contribution in [-0.4, -0.2) is 11.8 Å². The molecular weight excluding hydrogens is 210 g/mol. The monoisotopic (exact) mass is 225 g/mol. The first kappa shape index (κ1) is 9.46. The topological polar surface area (TPSA) is 20.3 Å². The van der Waals surface area contributed by atoms with Gasteiger partial charge < -0.3 is 4.90 Å². The van der Waals surface area contributed by atoms with Crippen LogP contribution in [0.15, 0.2) is 36.0 Å². The standard InChI is InChI=1S/C15H15NO/c1-10-8-11(17)9-14-15(6-7-15)12-4-2-3-5-13(12)16(10)14/h2-5,8,14H,6-7,9H2,1H3. The molecule has 4 rings (SSSR count). The highest BCUT2D eigenvalue weighted by Crippen LogP contribution is 2.62. The van der Waals surface area contributed by atoms with Gasteiger partial charge in [-0.25, -0.2) is 0 Å². The molecule has 17 heavy (non-hydrogen) atoms. The first-order chi connectivity index (χ1) is 8.22. The number of hydrogen-bond donors (Lipinski definition) is 0. The Bertz CT molecular complexity index is 554. The SMILES string of the molecule is CC1=CC(=O)CC2N1c1ccccc1C21CC1. The van der Waals surface area contributed by atoms with Crippen LogP contribution >= 0.6 is 0 Å². The van der Waals surface area contributed by atoms with Crippen molar-refractivity contribution in [2.45, 2.75) is 37.6 Å². The molecule has 1 aliphatic carbocycles. The summed E-state index contributed by atoms with van der Waals surface area (Å²) in [5.74, 6) is 0.294. The molecule has 0 radical (unpaired) electrons. The molecule has 1 fully saturated rings. The van der Waals surface area contributed by atoms with Crippen LogP contribution in [0.25, 0.3) is 0 Å². The van der Waals surface area contributed by atoms with Crippen molar-refractivity contribution in [3.63, 3.8) is 0 Å². The maximum Gasteiger partial charge on any atom is 0.159 e. The van der Waals surface area contributed by atoms with E-state index in [0.717, 1.165) is 5.70 Å². The zero-order chi connectivity index (χ0) is 11.6. The van der Waals surface area contributed by atoms with Gasteiger partial charge in [-0.15, -0.1) is 0 Å². The van der Waals surface area contributed by atoms with E-state index >= 15 is 0 Å². The van der Waals surface area contributed by atoms with Gasteiger partial charge in [0.05, 0.1) is 6.04 Å². The maximum atomic E-state index is 11.8. The predicted molar refractivity (Wildman–Crippen MR) is 67.0 cm³/mol. The minimum Gasteiger partial charge on any atom is -0.341 e. The number of hydrogen-bond acceptors (Lipinski definition) is 2. The highest BCUT2D eigenvalue weighted by atomic mass is 16.1. The van der Waals surface area contributed by atoms with E-state index in [1.165, 1.54) is 24.1 Å². The molecule has 1 saturated carbocycles. The van der Waals surface area contributed by atoms with Gasteiger partial charge in [-0.05, 0) is 31.4 Å². The van der Waals surface area contributed by atoms with Crippen molar-refractivity contribution >= 4 is 11.5 Å². The molecule has 1 aromatic rings. The van der Waals surface area contributed by atoms with Crippen molar-refractivity contribution in [3.05, 3.63) is 41.6 Å². The van der Waals surface area contributed by atoms with Crippen LogP contribution in [0.5, 0.6) is 0 Å². The lowest BCUT2D eigenvalue weighted by Gasteiger charge is -2.33. The quantitative estimate of drug-likeness (QED) is 0.676. The summed E-state index contributed by atoms with van der Waals surface area (Å²) in [4.78, 5) is 14.2. The van der Waals surface area contributed by atoms with Crippen molar-refractivity contribution < 1.29 is 4.79 Å². The zero-order valence-electron chi connectivity index (χ0n) is 9.94. The molecule has 2 heteroatoms. The van der Waals surface area contributed by atoms with Gasteiger partial charge in [-0.2, -0.15) is 0 Å². The third kappa shape index (κ3) is 1.03. The van der Waals surface area contributed by atoms with Gasteiger partial charge in [0.25, 0.3) is 0 Å². The van der Waals surface area contributed by atoms with Crippen LogP contribution < -0.4 is 4.90 Å². The average molecular weight is 225 g/mol. The number of benzene rings is 1. The maximum absolute atomic E-state index is 11.8. The molecule has 86 valence electrons. The normalized spacial score (nSPS) is 27.8. The highest BCUT2D eigenvalue weighted by molar-refractivity contribution is 5.95. The number of carbonyl (C=O) groups is 1. The minimum absolute atomic E-state index is 0.293. The number of nitrogens with zero attached hydrogens (tertiary/aromatic N) is 1. The largest absolute Gasteiger partial charge is 0.341 e. The summed E-state index contributed by atoms with van der Waals surface area (Å²) in [6, 6.07) is 9.05. The van der Waals surface area contributed by atoms with Crippen LogP contribution in [0, 0.1) is 0 Å². The summed E-state index contributed by atoms with van der Waals surface area (Å²) >= 11 is 0. The number of anilines is 1. The average Bonchev–Trinajstić information content (AvgIpc) is 3.04. The summed E-state index contributed by atoms with van der Waals surface area (Å²) in [6.45, 7) is 2.06. The van der Waals surface area contributed by atoms with E-state index in [4.69, 9.17) is 0 Å². The molecule has 0 N–H and O–H groups in total. The van der Waals surface area contributed by atoms with Crippen molar-refractivity contribution in [3.8, 4) is 0 Å². The first-order valence-electron chi connectivity index (χ1n) is 6.32. The van der Waals surface area contributed by atoms with Crippen LogP contribution in [-0.2, 0) is 10.2 Å². The van der Waals surface area contributed by atoms with Gasteiger partial charge in [0.2, 0.25) is 0 Å². The lowest BCUT2D eigenvalue weighted by molar-refractivity contribution is -0.115. The Kier molecular flexibility index (Phi) is 1.56. The number of allylic oxidation sites excluding steroid dienone is 2. The third-order valence-electron chi connectivity index (χ3n) is 4.58. The second kappa shape index (κ2) is 2.81. The van der Waals surface area contributed by atoms with Gasteiger partial charge >= 0.3 is 0 Å². The highest BCUT2D eigenvalue weighted by Gasteiger charge is 2.59. The molecule has 1 atom stereocenters. The van der Waals surface area contributed by atoms with E-state index in [1.807, 2.05) is 0 Å². The molecule has 2 nitrogen and oxygen atoms in total. The first-order valence-corrected chi connectivity index (χ1v) is 6.32. The molecule has 0 aromatic heterocycles. The van der Waals surface area contributed by atoms with Gasteiger partial charge in [0, 0.05) is 29.3 Å². The van der Waals surface area contributed by atoms with E-state index in [0.29, 0.717) is 23.7 Å². The van der Waals surface area contributed by atoms with Crippen LogP contribution in [0.3, 0.4) is 0 Å². The van der Waals surface area contributed by atoms with Crippen LogP contribution in [0.1, 0.15) is 31.7 Å². The fourth-order valence-corrected chi connectivity index (χ4v) is 3.71. The molecule has 1 unspecified atom stereocenters. The summed E-state index contributed by atoms with van der Waals surface area (Å²) in [7, 11) is 0. The predicted octanol–water partition coefficient (Wildman–Crippen LogP) is 2.78. The van der Waals surface area contributed by atoms with E-state index in [-0.39, 0.29) is 0 Å². The number of fused-ring (bicyclic) bond motifs is 5. The number of rotatable bonds is 0. The Morgan fingerprint density at radius 1 is 1.29 bits per heavy atom. The van der Waals surface area contributed by atoms with Crippen molar-refractivity contribution in [2.75, 3.05) is 4.90 Å². The minimum atomic E-state index is 0.293. The zero-order valence-corrected chi connectivity index (χ0v) is 9.94. The Labute approximate surface area is 101 Å². The fraction of sp³-hybridized carbons (Fsp3) is 0.400. The van der Waals surface area contributed by atoms with Gasteiger partial charge in [0.1, 0.15) is 0 Å². The summed E-state index contributed by atoms with van der Waals surface area (Å²) in [6.07, 6.45) is 4.97. The molecular formula is C15H15NO. The molecule has 0 bridgehead atoms. The molecule has 2 heterocycles. The number of ketones is 1. The van der Waals surface area contributed by atoms with Gasteiger partial charge in [0.15, 0.2) is 5.78 Å². The molecule has 3 aliphatic rings. The van der Waals surface area contributed by atoms with E-state index in [9.17, 15) is 4.79 Å². The summed E-state index contributed by atoms with van der Waals surface area (Å²) in [5.41, 5.74) is 4.20. The molecule has 0 saturated heterocycles. The van der Waals surface area contributed by atoms with Gasteiger partial charge in [-0.1, -0.05) is 18.2 Å². The Morgan fingerprint density at radius 2 is 2.06 bits per heavy atom. The van der Waals surface area contributed by atoms with Crippen LogP contribution in [0.4, 0.5) is 5.69 Å². The van der Waals surface area contributed by atoms with E-state index < -0.39 is 0 Å². The molecule has 1 aromatic carbocycles. The molecule has 0 amide bonds. The fourth-order valence-electron chi connectivity index (χ4n) is 3.71. The molecule has 2 aliphatic heterocycles. The van der Waals surface area contributed by atoms with Crippen molar-refractivity contribution in [1.29, 1.82) is 0 Å². The Hall–Kier alpha value is -1.57. The van der Waals surface area contributed by atoms with E-state index in [1.54, 1.807) is 6.08 Å². The Morgan fingerprint density at radius 3 is 2.82 bits per heavy atom. The number of carbonyl (C=O) groups excluding carboxylic acids is 1. The van der Waals surface area contributed by atoms with Crippen molar-refractivity contribution in [2.24, 2.45) is 0 Å². The van der Waals surface area contributed by atoms with Crippen molar-refractivity contribution in [1.82, 2.24) is 0 Å². The Balaban J connectivity index is 1.96. The lowest BCUT2D eigenvalue weighted by atomic mass is 9.87. The second-order valence-electron chi connectivity index (χ2n) is 5.52. The third-order valence-corrected chi connectivity index (χ3v) is 4.58. The lowest BCUT2D eigenvalue weighted by Crippen LogP contribution is -2.41. The van der Waals surface area contributed by atoms with E-state index in [2.05, 4.69) is 36.1 Å². The smallest absolute Gasteiger partial charge is 0.159 e. The number of para-hydroxylation sites is 1. The second-order valence-corrected chi connectivity index (χ2v) is 5.52. The van der Waals surface area contributed by atoms with Crippen LogP contribution in [0.2, 0.25) is 0 Å². The molecule has 1 spiro atoms. The van der Waals surface area contributed by atoms with Gasteiger partial charge in [-0.3, -0.25) is 4.79 Å².